The number of ether oxygens (including phenoxy) is 1. The van der Waals surface area contributed by atoms with E-state index in [0.29, 0.717) is 18.8 Å². The van der Waals surface area contributed by atoms with Crippen LogP contribution in [0.15, 0.2) is 18.2 Å². The van der Waals surface area contributed by atoms with Gasteiger partial charge in [0.05, 0.1) is 12.8 Å². The zero-order valence-corrected chi connectivity index (χ0v) is 10.3. The number of nitrogens with two attached hydrogens (primary N) is 1. The lowest BCUT2D eigenvalue weighted by atomic mass is 10.3. The molecule has 0 fully saturated rings. The van der Waals surface area contributed by atoms with Crippen LogP contribution in [0.3, 0.4) is 0 Å². The van der Waals surface area contributed by atoms with Crippen molar-refractivity contribution in [1.29, 1.82) is 0 Å². The van der Waals surface area contributed by atoms with Gasteiger partial charge in [-0.15, -0.1) is 0 Å². The van der Waals surface area contributed by atoms with Crippen LogP contribution in [-0.4, -0.2) is 43.1 Å². The fraction of sp³-hybridized carbons (Fsp3) is 0.500. The van der Waals surface area contributed by atoms with Gasteiger partial charge in [-0.3, -0.25) is 0 Å². The molecule has 1 aromatic rings. The summed E-state index contributed by atoms with van der Waals surface area (Å²) in [7, 11) is 3.35. The monoisotopic (exact) mass is 237 g/mol. The van der Waals surface area contributed by atoms with E-state index in [0.717, 1.165) is 18.7 Å². The second kappa shape index (κ2) is 6.98. The average Bonchev–Trinajstić information content (AvgIpc) is 2.35. The van der Waals surface area contributed by atoms with Crippen molar-refractivity contribution in [3.63, 3.8) is 0 Å². The highest BCUT2D eigenvalue weighted by Gasteiger charge is 2.08. The van der Waals surface area contributed by atoms with Gasteiger partial charge in [0.15, 0.2) is 0 Å². The maximum atomic E-state index is 11.3. The SMILES string of the molecule is COC(=O)c1cccc(CN(C)CCCN)n1. The molecule has 0 aromatic carbocycles. The molecule has 2 N–H and O–H groups in total. The Morgan fingerprint density at radius 2 is 2.29 bits per heavy atom. The van der Waals surface area contributed by atoms with Crippen LogP contribution >= 0.6 is 0 Å². The molecular weight excluding hydrogens is 218 g/mol. The number of pyridine rings is 1. The van der Waals surface area contributed by atoms with E-state index in [1.54, 1.807) is 6.07 Å². The van der Waals surface area contributed by atoms with Crippen molar-refractivity contribution in [2.24, 2.45) is 5.73 Å². The molecule has 0 saturated carbocycles. The van der Waals surface area contributed by atoms with E-state index in [2.05, 4.69) is 14.6 Å². The predicted molar refractivity (Wildman–Crippen MR) is 65.6 cm³/mol. The molecule has 0 saturated heterocycles. The van der Waals surface area contributed by atoms with Gasteiger partial charge in [0.2, 0.25) is 0 Å². The quantitative estimate of drug-likeness (QED) is 0.736. The van der Waals surface area contributed by atoms with Gasteiger partial charge in [-0.1, -0.05) is 6.07 Å². The molecule has 5 heteroatoms. The Morgan fingerprint density at radius 3 is 2.94 bits per heavy atom. The van der Waals surface area contributed by atoms with Crippen molar-refractivity contribution in [2.45, 2.75) is 13.0 Å². The van der Waals surface area contributed by atoms with Crippen LogP contribution in [0.4, 0.5) is 0 Å². The molecule has 0 atom stereocenters. The van der Waals surface area contributed by atoms with Crippen LogP contribution in [0.2, 0.25) is 0 Å². The Labute approximate surface area is 102 Å². The number of nitrogens with zero attached hydrogens (tertiary/aromatic N) is 2. The van der Waals surface area contributed by atoms with Gasteiger partial charge in [-0.25, -0.2) is 9.78 Å². The number of methoxy groups -OCH3 is 1. The molecule has 5 nitrogen and oxygen atoms in total. The first-order chi connectivity index (χ1) is 8.17. The fourth-order valence-electron chi connectivity index (χ4n) is 1.50. The molecule has 0 aliphatic carbocycles. The molecule has 0 radical (unpaired) electrons. The molecule has 0 spiro atoms. The van der Waals surface area contributed by atoms with Crippen molar-refractivity contribution < 1.29 is 9.53 Å². The number of carbonyl (C=O) groups is 1. The first-order valence-corrected chi connectivity index (χ1v) is 5.60. The summed E-state index contributed by atoms with van der Waals surface area (Å²) in [5.41, 5.74) is 6.65. The van der Waals surface area contributed by atoms with Crippen molar-refractivity contribution in [2.75, 3.05) is 27.2 Å². The lowest BCUT2D eigenvalue weighted by molar-refractivity contribution is 0.0593. The highest BCUT2D eigenvalue weighted by atomic mass is 16.5. The van der Waals surface area contributed by atoms with Crippen LogP contribution in [0.1, 0.15) is 22.6 Å². The number of hydrogen-bond acceptors (Lipinski definition) is 5. The van der Waals surface area contributed by atoms with E-state index in [4.69, 9.17) is 5.73 Å². The number of esters is 1. The van der Waals surface area contributed by atoms with Crippen LogP contribution in [-0.2, 0) is 11.3 Å². The molecule has 0 unspecified atom stereocenters. The standard InChI is InChI=1S/C12H19N3O2/c1-15(8-4-7-13)9-10-5-3-6-11(14-10)12(16)17-2/h3,5-6H,4,7-9,13H2,1-2H3. The molecule has 0 aliphatic rings. The molecule has 94 valence electrons. The Hall–Kier alpha value is -1.46. The Bertz CT molecular complexity index is 369. The Kier molecular flexibility index (Phi) is 5.59. The number of rotatable bonds is 6. The Morgan fingerprint density at radius 1 is 1.53 bits per heavy atom. The van der Waals surface area contributed by atoms with E-state index in [-0.39, 0.29) is 0 Å². The third-order valence-corrected chi connectivity index (χ3v) is 2.38. The van der Waals surface area contributed by atoms with E-state index in [1.165, 1.54) is 7.11 Å². The molecule has 1 heterocycles. The molecule has 0 bridgehead atoms. The van der Waals surface area contributed by atoms with Gasteiger partial charge in [0, 0.05) is 6.54 Å². The lowest BCUT2D eigenvalue weighted by Gasteiger charge is -2.15. The maximum absolute atomic E-state index is 11.3. The first-order valence-electron chi connectivity index (χ1n) is 5.60. The smallest absolute Gasteiger partial charge is 0.356 e. The summed E-state index contributed by atoms with van der Waals surface area (Å²) >= 11 is 0. The van der Waals surface area contributed by atoms with Crippen molar-refractivity contribution in [3.05, 3.63) is 29.6 Å². The molecule has 17 heavy (non-hydrogen) atoms. The maximum Gasteiger partial charge on any atom is 0.356 e. The molecule has 1 aromatic heterocycles. The first kappa shape index (κ1) is 13.6. The highest BCUT2D eigenvalue weighted by molar-refractivity contribution is 5.87. The number of hydrogen-bond donors (Lipinski definition) is 1. The van der Waals surface area contributed by atoms with Gasteiger partial charge in [-0.2, -0.15) is 0 Å². The minimum Gasteiger partial charge on any atom is -0.464 e. The Balaban J connectivity index is 2.62. The van der Waals surface area contributed by atoms with E-state index >= 15 is 0 Å². The predicted octanol–water partition coefficient (Wildman–Crippen LogP) is 0.649. The van der Waals surface area contributed by atoms with Gasteiger partial charge in [0.25, 0.3) is 0 Å². The van der Waals surface area contributed by atoms with Gasteiger partial charge in [0.1, 0.15) is 5.69 Å². The van der Waals surface area contributed by atoms with E-state index in [9.17, 15) is 4.79 Å². The topological polar surface area (TPSA) is 68.5 Å². The van der Waals surface area contributed by atoms with Crippen LogP contribution < -0.4 is 5.73 Å². The largest absolute Gasteiger partial charge is 0.464 e. The molecule has 0 aliphatic heterocycles. The molecule has 1 rings (SSSR count). The fourth-order valence-corrected chi connectivity index (χ4v) is 1.50. The summed E-state index contributed by atoms with van der Waals surface area (Å²) in [6.45, 7) is 2.30. The van der Waals surface area contributed by atoms with E-state index in [1.807, 2.05) is 19.2 Å². The van der Waals surface area contributed by atoms with Crippen LogP contribution in [0.5, 0.6) is 0 Å². The van der Waals surface area contributed by atoms with Gasteiger partial charge in [-0.05, 0) is 38.7 Å². The van der Waals surface area contributed by atoms with E-state index < -0.39 is 5.97 Å². The average molecular weight is 237 g/mol. The lowest BCUT2D eigenvalue weighted by Crippen LogP contribution is -2.22. The van der Waals surface area contributed by atoms with Crippen LogP contribution in [0.25, 0.3) is 0 Å². The van der Waals surface area contributed by atoms with Gasteiger partial charge < -0.3 is 15.4 Å². The highest BCUT2D eigenvalue weighted by Crippen LogP contribution is 2.04. The normalized spacial score (nSPS) is 10.6. The summed E-state index contributed by atoms with van der Waals surface area (Å²) in [6.07, 6.45) is 0.952. The minimum atomic E-state index is -0.406. The zero-order chi connectivity index (χ0) is 12.7. The summed E-state index contributed by atoms with van der Waals surface area (Å²) in [4.78, 5) is 17.7. The third-order valence-electron chi connectivity index (χ3n) is 2.38. The second-order valence-electron chi connectivity index (χ2n) is 3.89. The summed E-state index contributed by atoms with van der Waals surface area (Å²) < 4.78 is 4.63. The van der Waals surface area contributed by atoms with Crippen molar-refractivity contribution in [3.8, 4) is 0 Å². The minimum absolute atomic E-state index is 0.345. The third kappa shape index (κ3) is 4.50. The van der Waals surface area contributed by atoms with Crippen molar-refractivity contribution >= 4 is 5.97 Å². The molecular formula is C12H19N3O2. The number of aromatic nitrogens is 1. The number of carbonyl (C=O) groups excluding carboxylic acids is 1. The molecule has 0 amide bonds. The summed E-state index contributed by atoms with van der Waals surface area (Å²) in [5.74, 6) is -0.406. The zero-order valence-electron chi connectivity index (χ0n) is 10.3. The second-order valence-corrected chi connectivity index (χ2v) is 3.89. The summed E-state index contributed by atoms with van der Waals surface area (Å²) in [5, 5.41) is 0. The van der Waals surface area contributed by atoms with Gasteiger partial charge >= 0.3 is 5.97 Å². The summed E-state index contributed by atoms with van der Waals surface area (Å²) in [6, 6.07) is 5.35. The van der Waals surface area contributed by atoms with Crippen LogP contribution in [0, 0.1) is 0 Å². The van der Waals surface area contributed by atoms with Crippen molar-refractivity contribution in [1.82, 2.24) is 9.88 Å².